The number of ketones is 1. The Hall–Kier alpha value is -3.04. The Kier molecular flexibility index (Phi) is 7.57. The summed E-state index contributed by atoms with van der Waals surface area (Å²) < 4.78 is 27.7. The monoisotopic (exact) mass is 485 g/mol. The van der Waals surface area contributed by atoms with E-state index in [9.17, 15) is 22.8 Å². The van der Waals surface area contributed by atoms with Crippen molar-refractivity contribution in [3.05, 3.63) is 60.2 Å². The Labute approximate surface area is 201 Å². The zero-order valence-corrected chi connectivity index (χ0v) is 20.8. The van der Waals surface area contributed by atoms with E-state index < -0.39 is 33.9 Å². The number of rotatable bonds is 8. The zero-order chi connectivity index (χ0) is 25.1. The number of benzene rings is 2. The van der Waals surface area contributed by atoms with Gasteiger partial charge in [0.25, 0.3) is 0 Å². The van der Waals surface area contributed by atoms with Crippen molar-refractivity contribution in [1.82, 2.24) is 9.62 Å². The highest BCUT2D eigenvalue weighted by molar-refractivity contribution is 7.89. The van der Waals surface area contributed by atoms with Crippen molar-refractivity contribution < 1.29 is 22.8 Å². The molecule has 1 aliphatic heterocycles. The highest BCUT2D eigenvalue weighted by Crippen LogP contribution is 2.32. The Morgan fingerprint density at radius 2 is 1.76 bits per heavy atom. The molecule has 1 atom stereocenters. The van der Waals surface area contributed by atoms with Crippen molar-refractivity contribution in [3.63, 3.8) is 0 Å². The Morgan fingerprint density at radius 3 is 2.38 bits per heavy atom. The lowest BCUT2D eigenvalue weighted by Gasteiger charge is -2.46. The van der Waals surface area contributed by atoms with Gasteiger partial charge in [-0.3, -0.25) is 19.3 Å². The summed E-state index contributed by atoms with van der Waals surface area (Å²) in [5.74, 6) is -0.822. The fourth-order valence-corrected chi connectivity index (χ4v) is 5.51. The van der Waals surface area contributed by atoms with Gasteiger partial charge in [0.05, 0.1) is 11.4 Å². The molecule has 1 aliphatic rings. The summed E-state index contributed by atoms with van der Waals surface area (Å²) in [6, 6.07) is 14.3. The molecule has 1 unspecified atom stereocenters. The summed E-state index contributed by atoms with van der Waals surface area (Å²) in [6.45, 7) is 6.79. The number of hydrogen-bond donors (Lipinski definition) is 1. The van der Waals surface area contributed by atoms with E-state index in [0.717, 1.165) is 10.7 Å². The minimum Gasteiger partial charge on any atom is -0.354 e. The van der Waals surface area contributed by atoms with Crippen LogP contribution in [-0.2, 0) is 19.6 Å². The lowest BCUT2D eigenvalue weighted by Crippen LogP contribution is -2.70. The summed E-state index contributed by atoms with van der Waals surface area (Å²) in [6.07, 6.45) is 0.738. The highest BCUT2D eigenvalue weighted by atomic mass is 32.2. The average molecular weight is 486 g/mol. The van der Waals surface area contributed by atoms with Gasteiger partial charge in [-0.15, -0.1) is 0 Å². The topological polar surface area (TPSA) is 104 Å². The van der Waals surface area contributed by atoms with Gasteiger partial charge in [0.15, 0.2) is 5.78 Å². The van der Waals surface area contributed by atoms with E-state index in [0.29, 0.717) is 23.7 Å². The van der Waals surface area contributed by atoms with Crippen LogP contribution in [0, 0.1) is 5.92 Å². The summed E-state index contributed by atoms with van der Waals surface area (Å²) in [4.78, 5) is 40.2. The van der Waals surface area contributed by atoms with Crippen molar-refractivity contribution in [2.24, 2.45) is 5.92 Å². The molecule has 1 saturated heterocycles. The molecule has 3 rings (SSSR count). The molecule has 0 aromatic heterocycles. The number of nitrogens with zero attached hydrogens (tertiary/aromatic N) is 2. The molecule has 0 saturated carbocycles. The second kappa shape index (κ2) is 10.1. The van der Waals surface area contributed by atoms with Gasteiger partial charge in [-0.25, -0.2) is 8.42 Å². The van der Waals surface area contributed by atoms with Gasteiger partial charge in [0.1, 0.15) is 5.54 Å². The molecule has 1 fully saturated rings. The van der Waals surface area contributed by atoms with Crippen LogP contribution in [0.4, 0.5) is 5.69 Å². The molecule has 2 amide bonds. The fourth-order valence-electron chi connectivity index (χ4n) is 4.01. The molecular formula is C25H31N3O5S. The largest absolute Gasteiger partial charge is 0.354 e. The lowest BCUT2D eigenvalue weighted by atomic mass is 9.94. The van der Waals surface area contributed by atoms with E-state index >= 15 is 0 Å². The smallest absolute Gasteiger partial charge is 0.247 e. The number of carbonyl (C=O) groups is 3. The van der Waals surface area contributed by atoms with Crippen molar-refractivity contribution in [1.29, 1.82) is 0 Å². The van der Waals surface area contributed by atoms with Crippen molar-refractivity contribution in [2.75, 3.05) is 24.5 Å². The summed E-state index contributed by atoms with van der Waals surface area (Å²) in [7, 11) is -4.01. The van der Waals surface area contributed by atoms with Gasteiger partial charge in [-0.05, 0) is 50.5 Å². The van der Waals surface area contributed by atoms with Gasteiger partial charge in [0.2, 0.25) is 21.8 Å². The van der Waals surface area contributed by atoms with Crippen LogP contribution >= 0.6 is 0 Å². The van der Waals surface area contributed by atoms with Crippen LogP contribution < -0.4 is 10.2 Å². The number of amides is 2. The maximum atomic E-state index is 13.5. The molecule has 0 spiro atoms. The van der Waals surface area contributed by atoms with E-state index in [-0.39, 0.29) is 17.2 Å². The van der Waals surface area contributed by atoms with Crippen LogP contribution in [0.5, 0.6) is 0 Å². The predicted octanol–water partition coefficient (Wildman–Crippen LogP) is 2.85. The number of nitrogens with one attached hydrogen (secondary N) is 1. The van der Waals surface area contributed by atoms with Crippen LogP contribution in [0.1, 0.15) is 44.5 Å². The molecule has 34 heavy (non-hydrogen) atoms. The third-order valence-corrected chi connectivity index (χ3v) is 7.73. The van der Waals surface area contributed by atoms with Gasteiger partial charge < -0.3 is 5.32 Å². The van der Waals surface area contributed by atoms with Crippen molar-refractivity contribution in [3.8, 4) is 0 Å². The first-order valence-electron chi connectivity index (χ1n) is 11.2. The first-order valence-corrected chi connectivity index (χ1v) is 12.7. The van der Waals surface area contributed by atoms with Crippen molar-refractivity contribution in [2.45, 2.75) is 44.6 Å². The lowest BCUT2D eigenvalue weighted by molar-refractivity contribution is -0.132. The SMILES string of the molecule is CC(=O)c1cccc(N2C(=O)CN(S(=O)(=O)c3ccccc3)CC2(C)C(=O)NCCC(C)C)c1. The second-order valence-corrected chi connectivity index (χ2v) is 11.1. The van der Waals surface area contributed by atoms with E-state index in [1.165, 1.54) is 24.0 Å². The number of hydrogen-bond acceptors (Lipinski definition) is 5. The minimum absolute atomic E-state index is 0.0531. The van der Waals surface area contributed by atoms with E-state index in [4.69, 9.17) is 0 Å². The average Bonchev–Trinajstić information content (AvgIpc) is 2.79. The van der Waals surface area contributed by atoms with Crippen LogP contribution in [0.15, 0.2) is 59.5 Å². The summed E-state index contributed by atoms with van der Waals surface area (Å²) >= 11 is 0. The molecule has 182 valence electrons. The Balaban J connectivity index is 2.04. The van der Waals surface area contributed by atoms with Gasteiger partial charge in [-0.1, -0.05) is 44.2 Å². The number of sulfonamides is 1. The highest BCUT2D eigenvalue weighted by Gasteiger charge is 2.51. The Morgan fingerprint density at radius 1 is 1.09 bits per heavy atom. The zero-order valence-electron chi connectivity index (χ0n) is 19.9. The third kappa shape index (κ3) is 5.20. The van der Waals surface area contributed by atoms with Gasteiger partial charge >= 0.3 is 0 Å². The van der Waals surface area contributed by atoms with Crippen LogP contribution in [0.3, 0.4) is 0 Å². The maximum Gasteiger partial charge on any atom is 0.247 e. The molecule has 0 aliphatic carbocycles. The normalized spacial score (nSPS) is 19.3. The first kappa shape index (κ1) is 25.6. The number of Topliss-reactive ketones (excluding diaryl/α,β-unsaturated/α-hetero) is 1. The maximum absolute atomic E-state index is 13.5. The van der Waals surface area contributed by atoms with E-state index in [1.54, 1.807) is 49.4 Å². The summed E-state index contributed by atoms with van der Waals surface area (Å²) in [5, 5.41) is 2.87. The number of piperazine rings is 1. The molecule has 8 nitrogen and oxygen atoms in total. The predicted molar refractivity (Wildman–Crippen MR) is 130 cm³/mol. The van der Waals surface area contributed by atoms with Crippen LogP contribution in [0.25, 0.3) is 0 Å². The molecule has 0 bridgehead atoms. The molecule has 9 heteroatoms. The van der Waals surface area contributed by atoms with Gasteiger partial charge in [-0.2, -0.15) is 4.31 Å². The Bertz CT molecular complexity index is 1180. The standard InChI is InChI=1S/C25H31N3O5S/c1-18(2)13-14-26-24(31)25(4)17-27(34(32,33)22-11-6-5-7-12-22)16-23(30)28(25)21-10-8-9-20(15-21)19(3)29/h5-12,15,18H,13-14,16-17H2,1-4H3,(H,26,31). The minimum atomic E-state index is -4.01. The molecule has 2 aromatic carbocycles. The summed E-state index contributed by atoms with van der Waals surface area (Å²) in [5.41, 5.74) is -0.757. The fraction of sp³-hybridized carbons (Fsp3) is 0.400. The van der Waals surface area contributed by atoms with Gasteiger partial charge in [0, 0.05) is 24.3 Å². The second-order valence-electron chi connectivity index (χ2n) is 9.13. The number of anilines is 1. The van der Waals surface area contributed by atoms with Crippen LogP contribution in [-0.4, -0.2) is 55.5 Å². The third-order valence-electron chi connectivity index (χ3n) is 5.93. The molecule has 0 radical (unpaired) electrons. The quantitative estimate of drug-likeness (QED) is 0.579. The van der Waals surface area contributed by atoms with Crippen LogP contribution in [0.2, 0.25) is 0 Å². The van der Waals surface area contributed by atoms with E-state index in [1.807, 2.05) is 13.8 Å². The molecule has 1 N–H and O–H groups in total. The molecular weight excluding hydrogens is 454 g/mol. The van der Waals surface area contributed by atoms with E-state index in [2.05, 4.69) is 5.32 Å². The molecule has 1 heterocycles. The first-order chi connectivity index (χ1) is 16.0. The number of carbonyl (C=O) groups excluding carboxylic acids is 3. The van der Waals surface area contributed by atoms with Crippen molar-refractivity contribution >= 4 is 33.3 Å². The molecule has 2 aromatic rings.